The van der Waals surface area contributed by atoms with E-state index in [0.717, 1.165) is 6.34 Å². The quantitative estimate of drug-likeness (QED) is 0.331. The molecule has 0 radical (unpaired) electrons. The highest BCUT2D eigenvalue weighted by atomic mass is 19.4. The van der Waals surface area contributed by atoms with Crippen molar-refractivity contribution in [3.8, 4) is 16.9 Å². The number of nitrogens with zero attached hydrogens (tertiary/aromatic N) is 6. The maximum Gasteiger partial charge on any atom is 0.435 e. The molecule has 0 atom stereocenters. The van der Waals surface area contributed by atoms with Crippen LogP contribution < -0.4 is 10.5 Å². The fourth-order valence-corrected chi connectivity index (χ4v) is 4.57. The fourth-order valence-electron chi connectivity index (χ4n) is 4.57. The zero-order chi connectivity index (χ0) is 28.3. The fraction of sp³-hybridized carbons (Fsp3) is 0.346. The molecule has 0 aliphatic carbocycles. The van der Waals surface area contributed by atoms with Gasteiger partial charge in [-0.15, -0.1) is 0 Å². The van der Waals surface area contributed by atoms with Crippen molar-refractivity contribution in [1.29, 1.82) is 5.41 Å². The van der Waals surface area contributed by atoms with E-state index >= 15 is 0 Å². The van der Waals surface area contributed by atoms with Gasteiger partial charge in [0, 0.05) is 49.7 Å². The molecule has 3 N–H and O–H groups in total. The summed E-state index contributed by atoms with van der Waals surface area (Å²) in [4.78, 5) is 24.9. The van der Waals surface area contributed by atoms with E-state index in [1.165, 1.54) is 29.9 Å². The third kappa shape index (κ3) is 5.71. The first kappa shape index (κ1) is 27.6. The Morgan fingerprint density at radius 3 is 2.67 bits per heavy atom. The van der Waals surface area contributed by atoms with Crippen molar-refractivity contribution in [2.75, 3.05) is 20.7 Å². The second-order valence-electron chi connectivity index (χ2n) is 8.92. The number of pyridine rings is 1. The average molecular weight is 543 g/mol. The van der Waals surface area contributed by atoms with Crippen LogP contribution in [0.25, 0.3) is 11.1 Å². The van der Waals surface area contributed by atoms with E-state index < -0.39 is 11.9 Å². The van der Waals surface area contributed by atoms with Crippen molar-refractivity contribution >= 4 is 18.2 Å². The van der Waals surface area contributed by atoms with Crippen LogP contribution in [0.5, 0.6) is 5.75 Å². The second-order valence-corrected chi connectivity index (χ2v) is 8.92. The summed E-state index contributed by atoms with van der Waals surface area (Å²) < 4.78 is 48.6. The summed E-state index contributed by atoms with van der Waals surface area (Å²) >= 11 is 0. The molecule has 1 amide bonds. The van der Waals surface area contributed by atoms with Crippen molar-refractivity contribution in [1.82, 2.24) is 24.6 Å². The number of aryl methyl sites for hydroxylation is 1. The molecule has 3 aromatic rings. The number of amides is 1. The minimum atomic E-state index is -4.69. The number of ether oxygens (including phenoxy) is 1. The van der Waals surface area contributed by atoms with Gasteiger partial charge in [0.2, 0.25) is 0 Å². The molecule has 1 aliphatic heterocycles. The Bertz CT molecular complexity index is 1420. The largest absolute Gasteiger partial charge is 0.497 e. The molecule has 4 rings (SSSR count). The van der Waals surface area contributed by atoms with Gasteiger partial charge >= 0.3 is 6.18 Å². The predicted molar refractivity (Wildman–Crippen MR) is 139 cm³/mol. The van der Waals surface area contributed by atoms with Crippen molar-refractivity contribution in [2.45, 2.75) is 39.2 Å². The molecule has 39 heavy (non-hydrogen) atoms. The van der Waals surface area contributed by atoms with Crippen molar-refractivity contribution in [3.05, 3.63) is 64.7 Å². The van der Waals surface area contributed by atoms with Gasteiger partial charge < -0.3 is 15.4 Å². The SMILES string of the molecule is CCn1cc(-c2cc(CN(C=N)C(N)=NC)cc3c2CCN(Cc2cc(OC)ccn2)C3=O)c(C(F)(F)F)n1. The van der Waals surface area contributed by atoms with Crippen LogP contribution in [0.1, 0.15) is 39.8 Å². The number of guanidine groups is 1. The lowest BCUT2D eigenvalue weighted by molar-refractivity contribution is -0.141. The number of benzene rings is 1. The maximum atomic E-state index is 14.0. The Labute approximate surface area is 223 Å². The van der Waals surface area contributed by atoms with Gasteiger partial charge in [-0.1, -0.05) is 0 Å². The van der Waals surface area contributed by atoms with Crippen LogP contribution in [-0.2, 0) is 32.2 Å². The molecule has 10 nitrogen and oxygen atoms in total. The minimum Gasteiger partial charge on any atom is -0.497 e. The lowest BCUT2D eigenvalue weighted by Crippen LogP contribution is -2.38. The number of halogens is 3. The number of carbonyl (C=O) groups excluding carboxylic acids is 1. The molecule has 0 fully saturated rings. The highest BCUT2D eigenvalue weighted by Gasteiger charge is 2.39. The standard InChI is InChI=1S/C26H29F3N8O2/c1-4-37-14-22(23(34-37)26(27,28)29)20-9-16(12-36(15-30)25(31)32-2)10-21-19(20)6-8-35(24(21)38)13-17-11-18(39-3)5-7-33-17/h5,7,9-11,14-15,30H,4,6,8,12-13H2,1-3H3,(H2,31,32). The van der Waals surface area contributed by atoms with Crippen molar-refractivity contribution < 1.29 is 22.7 Å². The van der Waals surface area contributed by atoms with Gasteiger partial charge in [-0.2, -0.15) is 18.3 Å². The number of aromatic nitrogens is 3. The Balaban J connectivity index is 1.83. The first-order valence-electron chi connectivity index (χ1n) is 12.2. The lowest BCUT2D eigenvalue weighted by atomic mass is 9.88. The zero-order valence-corrected chi connectivity index (χ0v) is 21.8. The average Bonchev–Trinajstić information content (AvgIpc) is 3.38. The number of nitrogens with one attached hydrogen (secondary N) is 1. The van der Waals surface area contributed by atoms with Crippen LogP contribution in [-0.4, -0.2) is 63.5 Å². The molecule has 206 valence electrons. The topological polar surface area (TPSA) is 126 Å². The molecule has 2 aromatic heterocycles. The van der Waals surface area contributed by atoms with Gasteiger partial charge in [-0.3, -0.25) is 29.8 Å². The lowest BCUT2D eigenvalue weighted by Gasteiger charge is -2.31. The van der Waals surface area contributed by atoms with Gasteiger partial charge in [0.05, 0.1) is 32.2 Å². The zero-order valence-electron chi connectivity index (χ0n) is 21.8. The maximum absolute atomic E-state index is 14.0. The number of hydrogen-bond donors (Lipinski definition) is 2. The molecule has 3 heterocycles. The summed E-state index contributed by atoms with van der Waals surface area (Å²) in [6, 6.07) is 6.68. The second kappa shape index (κ2) is 11.1. The summed E-state index contributed by atoms with van der Waals surface area (Å²) in [7, 11) is 3.00. The van der Waals surface area contributed by atoms with E-state index in [9.17, 15) is 18.0 Å². The number of rotatable bonds is 8. The molecular weight excluding hydrogens is 513 g/mol. The first-order chi connectivity index (χ1) is 18.6. The molecule has 1 aliphatic rings. The summed E-state index contributed by atoms with van der Waals surface area (Å²) in [6.45, 7) is 2.48. The molecule has 0 spiro atoms. The van der Waals surface area contributed by atoms with E-state index in [4.69, 9.17) is 15.9 Å². The summed E-state index contributed by atoms with van der Waals surface area (Å²) in [5.74, 6) is 0.319. The third-order valence-electron chi connectivity index (χ3n) is 6.51. The number of methoxy groups -OCH3 is 1. The number of fused-ring (bicyclic) bond motifs is 1. The minimum absolute atomic E-state index is 0.0287. The molecular formula is C26H29F3N8O2. The molecule has 0 saturated heterocycles. The summed E-state index contributed by atoms with van der Waals surface area (Å²) in [5.41, 5.74) is 6.96. The van der Waals surface area contributed by atoms with Gasteiger partial charge in [0.15, 0.2) is 11.7 Å². The van der Waals surface area contributed by atoms with E-state index in [2.05, 4.69) is 15.1 Å². The third-order valence-corrected chi connectivity index (χ3v) is 6.51. The van der Waals surface area contributed by atoms with Crippen molar-refractivity contribution in [2.24, 2.45) is 10.7 Å². The number of hydrogen-bond acceptors (Lipinski definition) is 6. The Kier molecular flexibility index (Phi) is 7.88. The van der Waals surface area contributed by atoms with Gasteiger partial charge in [-0.05, 0) is 48.2 Å². The summed E-state index contributed by atoms with van der Waals surface area (Å²) in [6.07, 6.45) is -0.442. The highest BCUT2D eigenvalue weighted by molar-refractivity contribution is 5.99. The summed E-state index contributed by atoms with van der Waals surface area (Å²) in [5, 5.41) is 11.5. The van der Waals surface area contributed by atoms with Crippen LogP contribution in [0.4, 0.5) is 13.2 Å². The van der Waals surface area contributed by atoms with Gasteiger partial charge in [0.1, 0.15) is 5.75 Å². The molecule has 0 unspecified atom stereocenters. The highest BCUT2D eigenvalue weighted by Crippen LogP contribution is 2.40. The van der Waals surface area contributed by atoms with Crippen LogP contribution in [0, 0.1) is 5.41 Å². The van der Waals surface area contributed by atoms with E-state index in [-0.39, 0.29) is 48.2 Å². The van der Waals surface area contributed by atoms with Gasteiger partial charge in [0.25, 0.3) is 5.91 Å². The number of nitrogens with two attached hydrogens (primary N) is 1. The molecule has 13 heteroatoms. The van der Waals surface area contributed by atoms with Crippen LogP contribution in [0.2, 0.25) is 0 Å². The number of carbonyl (C=O) groups is 1. The Hall–Kier alpha value is -4.42. The van der Waals surface area contributed by atoms with Crippen molar-refractivity contribution in [3.63, 3.8) is 0 Å². The van der Waals surface area contributed by atoms with Gasteiger partial charge in [-0.25, -0.2) is 0 Å². The molecule has 1 aromatic carbocycles. The van der Waals surface area contributed by atoms with Crippen LogP contribution in [0.3, 0.4) is 0 Å². The Morgan fingerprint density at radius 2 is 2.03 bits per heavy atom. The first-order valence-corrected chi connectivity index (χ1v) is 12.2. The van der Waals surface area contributed by atoms with Crippen LogP contribution >= 0.6 is 0 Å². The number of aliphatic imine (C=N–C) groups is 1. The number of alkyl halides is 3. The van der Waals surface area contributed by atoms with Crippen LogP contribution in [0.15, 0.2) is 41.7 Å². The smallest absolute Gasteiger partial charge is 0.435 e. The monoisotopic (exact) mass is 542 g/mol. The Morgan fingerprint density at radius 1 is 1.28 bits per heavy atom. The predicted octanol–water partition coefficient (Wildman–Crippen LogP) is 3.54. The van der Waals surface area contributed by atoms with E-state index in [0.29, 0.717) is 35.5 Å². The van der Waals surface area contributed by atoms with E-state index in [1.54, 1.807) is 42.3 Å². The molecule has 0 saturated carbocycles. The normalized spacial score (nSPS) is 13.8. The molecule has 0 bridgehead atoms. The van der Waals surface area contributed by atoms with E-state index in [1.807, 2.05) is 0 Å².